The van der Waals surface area contributed by atoms with Crippen LogP contribution in [0.3, 0.4) is 0 Å². The molecule has 0 bridgehead atoms. The lowest BCUT2D eigenvalue weighted by molar-refractivity contribution is 0.312. The topological polar surface area (TPSA) is 74.2 Å². The molecule has 5 nitrogen and oxygen atoms in total. The second-order valence-electron chi connectivity index (χ2n) is 4.60. The SMILES string of the molecule is CC[C@H](C)[C@H](N)c1nc(-c2ccc(OC)cc2)no1. The van der Waals surface area contributed by atoms with E-state index in [1.807, 2.05) is 24.3 Å². The molecule has 1 heterocycles. The van der Waals surface area contributed by atoms with Gasteiger partial charge in [0.2, 0.25) is 11.7 Å². The van der Waals surface area contributed by atoms with Gasteiger partial charge < -0.3 is 15.0 Å². The first kappa shape index (κ1) is 13.5. The molecular formula is C14H19N3O2. The number of nitrogens with two attached hydrogens (primary N) is 1. The summed E-state index contributed by atoms with van der Waals surface area (Å²) >= 11 is 0. The quantitative estimate of drug-likeness (QED) is 0.895. The van der Waals surface area contributed by atoms with Gasteiger partial charge in [-0.05, 0) is 30.2 Å². The third-order valence-corrected chi connectivity index (χ3v) is 3.33. The van der Waals surface area contributed by atoms with Crippen molar-refractivity contribution in [1.29, 1.82) is 0 Å². The number of nitrogens with zero attached hydrogens (tertiary/aromatic N) is 2. The summed E-state index contributed by atoms with van der Waals surface area (Å²) in [6, 6.07) is 7.29. The van der Waals surface area contributed by atoms with Gasteiger partial charge in [-0.3, -0.25) is 0 Å². The first-order valence-electron chi connectivity index (χ1n) is 6.39. The van der Waals surface area contributed by atoms with Gasteiger partial charge in [0, 0.05) is 5.56 Å². The molecule has 0 aliphatic heterocycles. The van der Waals surface area contributed by atoms with E-state index in [2.05, 4.69) is 24.0 Å². The fourth-order valence-corrected chi connectivity index (χ4v) is 1.73. The molecule has 2 N–H and O–H groups in total. The number of hydrogen-bond donors (Lipinski definition) is 1. The van der Waals surface area contributed by atoms with Crippen LogP contribution >= 0.6 is 0 Å². The van der Waals surface area contributed by atoms with Crippen molar-refractivity contribution in [2.75, 3.05) is 7.11 Å². The number of rotatable bonds is 5. The van der Waals surface area contributed by atoms with E-state index in [0.29, 0.717) is 17.6 Å². The Hall–Kier alpha value is -1.88. The predicted molar refractivity (Wildman–Crippen MR) is 72.7 cm³/mol. The molecule has 0 fully saturated rings. The molecule has 0 unspecified atom stereocenters. The van der Waals surface area contributed by atoms with Crippen molar-refractivity contribution in [3.63, 3.8) is 0 Å². The minimum absolute atomic E-state index is 0.218. The molecule has 19 heavy (non-hydrogen) atoms. The van der Waals surface area contributed by atoms with Crippen molar-refractivity contribution < 1.29 is 9.26 Å². The number of methoxy groups -OCH3 is 1. The molecule has 0 aliphatic rings. The summed E-state index contributed by atoms with van der Waals surface area (Å²) in [7, 11) is 1.63. The van der Waals surface area contributed by atoms with Crippen LogP contribution in [0.2, 0.25) is 0 Å². The fraction of sp³-hybridized carbons (Fsp3) is 0.429. The molecule has 2 rings (SSSR count). The van der Waals surface area contributed by atoms with Gasteiger partial charge in [-0.1, -0.05) is 25.4 Å². The van der Waals surface area contributed by atoms with Gasteiger partial charge in [0.1, 0.15) is 5.75 Å². The molecule has 1 aromatic carbocycles. The molecule has 1 aromatic heterocycles. The predicted octanol–water partition coefficient (Wildman–Crippen LogP) is 2.79. The Morgan fingerprint density at radius 3 is 2.58 bits per heavy atom. The Bertz CT molecular complexity index is 522. The maximum atomic E-state index is 6.07. The molecule has 0 amide bonds. The average molecular weight is 261 g/mol. The van der Waals surface area contributed by atoms with E-state index >= 15 is 0 Å². The highest BCUT2D eigenvalue weighted by molar-refractivity contribution is 5.55. The minimum atomic E-state index is -0.218. The molecule has 0 aliphatic carbocycles. The van der Waals surface area contributed by atoms with Gasteiger partial charge in [-0.15, -0.1) is 0 Å². The van der Waals surface area contributed by atoms with Crippen LogP contribution < -0.4 is 10.5 Å². The highest BCUT2D eigenvalue weighted by Crippen LogP contribution is 2.24. The van der Waals surface area contributed by atoms with Gasteiger partial charge in [-0.2, -0.15) is 4.98 Å². The zero-order valence-electron chi connectivity index (χ0n) is 11.5. The van der Waals surface area contributed by atoms with E-state index in [1.54, 1.807) is 7.11 Å². The molecular weight excluding hydrogens is 242 g/mol. The Kier molecular flexibility index (Phi) is 4.16. The average Bonchev–Trinajstić information content (AvgIpc) is 2.95. The molecule has 0 radical (unpaired) electrons. The largest absolute Gasteiger partial charge is 0.497 e. The van der Waals surface area contributed by atoms with Crippen LogP contribution in [-0.2, 0) is 0 Å². The summed E-state index contributed by atoms with van der Waals surface area (Å²) in [6.07, 6.45) is 0.974. The summed E-state index contributed by atoms with van der Waals surface area (Å²) in [6.45, 7) is 4.16. The van der Waals surface area contributed by atoms with Crippen LogP contribution in [-0.4, -0.2) is 17.3 Å². The Morgan fingerprint density at radius 2 is 2.00 bits per heavy atom. The van der Waals surface area contributed by atoms with Gasteiger partial charge in [0.25, 0.3) is 0 Å². The van der Waals surface area contributed by atoms with Crippen LogP contribution in [0, 0.1) is 5.92 Å². The van der Waals surface area contributed by atoms with Gasteiger partial charge in [-0.25, -0.2) is 0 Å². The van der Waals surface area contributed by atoms with Crippen molar-refractivity contribution in [3.8, 4) is 17.1 Å². The standard InChI is InChI=1S/C14H19N3O2/c1-4-9(2)12(15)14-16-13(17-19-14)10-5-7-11(18-3)8-6-10/h5-9,12H,4,15H2,1-3H3/t9-,12-/m0/s1. The van der Waals surface area contributed by atoms with Crippen LogP contribution in [0.15, 0.2) is 28.8 Å². The minimum Gasteiger partial charge on any atom is -0.497 e. The summed E-state index contributed by atoms with van der Waals surface area (Å²) in [5, 5.41) is 3.97. The van der Waals surface area contributed by atoms with E-state index in [9.17, 15) is 0 Å². The highest BCUT2D eigenvalue weighted by atomic mass is 16.5. The summed E-state index contributed by atoms with van der Waals surface area (Å²) in [5.74, 6) is 2.14. The van der Waals surface area contributed by atoms with E-state index in [0.717, 1.165) is 17.7 Å². The highest BCUT2D eigenvalue weighted by Gasteiger charge is 2.20. The summed E-state index contributed by atoms with van der Waals surface area (Å²) < 4.78 is 10.4. The van der Waals surface area contributed by atoms with Crippen molar-refractivity contribution in [3.05, 3.63) is 30.2 Å². The molecule has 0 saturated heterocycles. The van der Waals surface area contributed by atoms with Gasteiger partial charge >= 0.3 is 0 Å². The van der Waals surface area contributed by atoms with Gasteiger partial charge in [0.15, 0.2) is 0 Å². The molecule has 2 atom stereocenters. The van der Waals surface area contributed by atoms with Crippen molar-refractivity contribution >= 4 is 0 Å². The zero-order chi connectivity index (χ0) is 13.8. The summed E-state index contributed by atoms with van der Waals surface area (Å²) in [4.78, 5) is 4.36. The first-order valence-corrected chi connectivity index (χ1v) is 6.39. The molecule has 0 spiro atoms. The van der Waals surface area contributed by atoms with Crippen LogP contribution in [0.5, 0.6) is 5.75 Å². The zero-order valence-corrected chi connectivity index (χ0v) is 11.5. The third-order valence-electron chi connectivity index (χ3n) is 3.33. The Balaban J connectivity index is 2.20. The molecule has 102 valence electrons. The molecule has 5 heteroatoms. The van der Waals surface area contributed by atoms with Crippen molar-refractivity contribution in [1.82, 2.24) is 10.1 Å². The Labute approximate surface area is 112 Å². The monoisotopic (exact) mass is 261 g/mol. The van der Waals surface area contributed by atoms with Crippen molar-refractivity contribution in [2.24, 2.45) is 11.7 Å². The van der Waals surface area contributed by atoms with E-state index < -0.39 is 0 Å². The lowest BCUT2D eigenvalue weighted by atomic mass is 10.0. The molecule has 0 saturated carbocycles. The lowest BCUT2D eigenvalue weighted by Crippen LogP contribution is -2.18. The number of hydrogen-bond acceptors (Lipinski definition) is 5. The number of ether oxygens (including phenoxy) is 1. The maximum absolute atomic E-state index is 6.07. The van der Waals surface area contributed by atoms with Gasteiger partial charge in [0.05, 0.1) is 13.2 Å². The second kappa shape index (κ2) is 5.84. The number of aromatic nitrogens is 2. The van der Waals surface area contributed by atoms with Crippen molar-refractivity contribution in [2.45, 2.75) is 26.3 Å². The Morgan fingerprint density at radius 1 is 1.32 bits per heavy atom. The second-order valence-corrected chi connectivity index (χ2v) is 4.60. The lowest BCUT2D eigenvalue weighted by Gasteiger charge is -2.12. The van der Waals surface area contributed by atoms with E-state index in [4.69, 9.17) is 15.0 Å². The van der Waals surface area contributed by atoms with E-state index in [-0.39, 0.29) is 6.04 Å². The first-order chi connectivity index (χ1) is 9.15. The van der Waals surface area contributed by atoms with Crippen LogP contribution in [0.25, 0.3) is 11.4 Å². The third kappa shape index (κ3) is 2.93. The van der Waals surface area contributed by atoms with Crippen LogP contribution in [0.1, 0.15) is 32.2 Å². The van der Waals surface area contributed by atoms with Crippen LogP contribution in [0.4, 0.5) is 0 Å². The fourth-order valence-electron chi connectivity index (χ4n) is 1.73. The maximum Gasteiger partial charge on any atom is 0.244 e. The van der Waals surface area contributed by atoms with E-state index in [1.165, 1.54) is 0 Å². The number of benzene rings is 1. The smallest absolute Gasteiger partial charge is 0.244 e. The molecule has 2 aromatic rings. The normalized spacial score (nSPS) is 14.1. The summed E-state index contributed by atoms with van der Waals surface area (Å²) in [5.41, 5.74) is 6.95.